The van der Waals surface area contributed by atoms with E-state index in [0.717, 1.165) is 22.6 Å². The van der Waals surface area contributed by atoms with Crippen molar-refractivity contribution in [3.05, 3.63) is 89.2 Å². The fourth-order valence-corrected chi connectivity index (χ4v) is 3.51. The molecule has 30 heavy (non-hydrogen) atoms. The molecular weight excluding hydrogens is 400 g/mol. The van der Waals surface area contributed by atoms with Gasteiger partial charge >= 0.3 is 0 Å². The molecule has 0 spiro atoms. The van der Waals surface area contributed by atoms with Gasteiger partial charge in [0.25, 0.3) is 5.91 Å². The molecule has 0 bridgehead atoms. The van der Waals surface area contributed by atoms with Gasteiger partial charge in [-0.3, -0.25) is 4.79 Å². The molecule has 1 atom stereocenters. The Morgan fingerprint density at radius 1 is 1.10 bits per heavy atom. The van der Waals surface area contributed by atoms with Crippen LogP contribution in [0.3, 0.4) is 0 Å². The second kappa shape index (κ2) is 8.12. The van der Waals surface area contributed by atoms with Crippen molar-refractivity contribution in [1.29, 1.82) is 0 Å². The molecule has 0 radical (unpaired) electrons. The molecule has 0 N–H and O–H groups in total. The Morgan fingerprint density at radius 2 is 1.87 bits per heavy atom. The van der Waals surface area contributed by atoms with Crippen LogP contribution in [0.1, 0.15) is 34.6 Å². The maximum absolute atomic E-state index is 13.2. The van der Waals surface area contributed by atoms with E-state index in [1.54, 1.807) is 39.9 Å². The van der Waals surface area contributed by atoms with Crippen LogP contribution in [0.25, 0.3) is 11.4 Å². The summed E-state index contributed by atoms with van der Waals surface area (Å²) in [6.07, 6.45) is 4.75. The third-order valence-corrected chi connectivity index (χ3v) is 5.49. The van der Waals surface area contributed by atoms with E-state index in [4.69, 9.17) is 11.6 Å². The zero-order valence-corrected chi connectivity index (χ0v) is 17.7. The number of nitrogens with zero attached hydrogens (tertiary/aromatic N) is 6. The summed E-state index contributed by atoms with van der Waals surface area (Å²) in [5, 5.41) is 9.15. The van der Waals surface area contributed by atoms with Gasteiger partial charge < -0.3 is 4.90 Å². The Kier molecular flexibility index (Phi) is 5.37. The first-order valence-electron chi connectivity index (χ1n) is 9.48. The highest BCUT2D eigenvalue weighted by Crippen LogP contribution is 2.24. The van der Waals surface area contributed by atoms with Crippen molar-refractivity contribution in [1.82, 2.24) is 29.4 Å². The first kappa shape index (κ1) is 19.8. The van der Waals surface area contributed by atoms with Crippen molar-refractivity contribution < 1.29 is 4.79 Å². The minimum atomic E-state index is -0.115. The van der Waals surface area contributed by atoms with Gasteiger partial charge in [0.05, 0.1) is 34.9 Å². The van der Waals surface area contributed by atoms with Gasteiger partial charge in [-0.25, -0.2) is 14.3 Å². The Morgan fingerprint density at radius 3 is 2.53 bits per heavy atom. The highest BCUT2D eigenvalue weighted by atomic mass is 35.5. The number of halogens is 1. The van der Waals surface area contributed by atoms with E-state index in [-0.39, 0.29) is 11.9 Å². The highest BCUT2D eigenvalue weighted by Gasteiger charge is 2.23. The Hall–Kier alpha value is -3.45. The summed E-state index contributed by atoms with van der Waals surface area (Å²) in [5.41, 5.74) is 4.08. The van der Waals surface area contributed by atoms with E-state index in [1.807, 2.05) is 56.3 Å². The summed E-state index contributed by atoms with van der Waals surface area (Å²) >= 11 is 6.09. The number of hydrogen-bond donors (Lipinski definition) is 0. The summed E-state index contributed by atoms with van der Waals surface area (Å²) < 4.78 is 3.42. The van der Waals surface area contributed by atoms with Crippen molar-refractivity contribution in [3.63, 3.8) is 0 Å². The largest absolute Gasteiger partial charge is 0.335 e. The lowest BCUT2D eigenvalue weighted by Crippen LogP contribution is -2.30. The van der Waals surface area contributed by atoms with Crippen LogP contribution in [0.2, 0.25) is 5.02 Å². The average Bonchev–Trinajstić information content (AvgIpc) is 3.42. The van der Waals surface area contributed by atoms with Crippen molar-refractivity contribution in [2.45, 2.75) is 19.9 Å². The molecule has 0 saturated heterocycles. The standard InChI is InChI=1S/C22H21ClN6O/c1-15(17-7-9-19(10-8-17)28-14-24-13-26-28)27(3)22(30)21-12-25-29(16(21)2)20-6-4-5-18(23)11-20/h4-15H,1-3H3/t15-/m0/s1. The fraction of sp³-hybridized carbons (Fsp3) is 0.182. The highest BCUT2D eigenvalue weighted by molar-refractivity contribution is 6.30. The van der Waals surface area contributed by atoms with Crippen LogP contribution in [0.15, 0.2) is 67.4 Å². The molecule has 1 amide bonds. The molecule has 4 aromatic rings. The lowest BCUT2D eigenvalue weighted by atomic mass is 10.1. The normalized spacial score (nSPS) is 12.0. The minimum Gasteiger partial charge on any atom is -0.335 e. The van der Waals surface area contributed by atoms with Gasteiger partial charge in [-0.2, -0.15) is 10.2 Å². The molecule has 0 fully saturated rings. The first-order chi connectivity index (χ1) is 14.5. The molecule has 0 aliphatic rings. The number of carbonyl (C=O) groups is 1. The monoisotopic (exact) mass is 420 g/mol. The van der Waals surface area contributed by atoms with E-state index >= 15 is 0 Å². The van der Waals surface area contributed by atoms with Gasteiger partial charge in [0, 0.05) is 12.1 Å². The third kappa shape index (κ3) is 3.71. The molecule has 0 saturated carbocycles. The Bertz CT molecular complexity index is 1170. The maximum atomic E-state index is 13.2. The Balaban J connectivity index is 1.55. The van der Waals surface area contributed by atoms with Gasteiger partial charge in [0.1, 0.15) is 12.7 Å². The van der Waals surface area contributed by atoms with E-state index < -0.39 is 0 Å². The van der Waals surface area contributed by atoms with Crippen LogP contribution in [0, 0.1) is 6.92 Å². The summed E-state index contributed by atoms with van der Waals surface area (Å²) in [6, 6.07) is 15.2. The average molecular weight is 421 g/mol. The number of hydrogen-bond acceptors (Lipinski definition) is 4. The molecule has 2 aromatic heterocycles. The molecule has 7 nitrogen and oxygen atoms in total. The van der Waals surface area contributed by atoms with Crippen molar-refractivity contribution in [2.75, 3.05) is 7.05 Å². The van der Waals surface area contributed by atoms with Gasteiger partial charge in [0.15, 0.2) is 0 Å². The van der Waals surface area contributed by atoms with E-state index in [2.05, 4.69) is 15.2 Å². The van der Waals surface area contributed by atoms with Crippen molar-refractivity contribution in [3.8, 4) is 11.4 Å². The van der Waals surface area contributed by atoms with Gasteiger partial charge in [-0.05, 0) is 49.7 Å². The lowest BCUT2D eigenvalue weighted by Gasteiger charge is -2.25. The summed E-state index contributed by atoms with van der Waals surface area (Å²) in [6.45, 7) is 3.88. The zero-order chi connectivity index (χ0) is 21.3. The van der Waals surface area contributed by atoms with Crippen molar-refractivity contribution in [2.24, 2.45) is 0 Å². The number of aromatic nitrogens is 5. The minimum absolute atomic E-state index is 0.0892. The molecule has 8 heteroatoms. The molecule has 2 heterocycles. The molecule has 4 rings (SSSR count). The van der Waals surface area contributed by atoms with Gasteiger partial charge in [-0.1, -0.05) is 29.8 Å². The topological polar surface area (TPSA) is 68.8 Å². The summed E-state index contributed by atoms with van der Waals surface area (Å²) in [7, 11) is 1.80. The molecule has 0 aliphatic heterocycles. The molecule has 2 aromatic carbocycles. The zero-order valence-electron chi connectivity index (χ0n) is 16.9. The van der Waals surface area contributed by atoms with Gasteiger partial charge in [0.2, 0.25) is 0 Å². The molecule has 0 unspecified atom stereocenters. The van der Waals surface area contributed by atoms with E-state index in [9.17, 15) is 4.79 Å². The molecular formula is C22H21ClN6O. The van der Waals surface area contributed by atoms with E-state index in [1.165, 1.54) is 6.33 Å². The number of rotatable bonds is 5. The Labute approximate surface area is 179 Å². The van der Waals surface area contributed by atoms with Gasteiger partial charge in [-0.15, -0.1) is 0 Å². The first-order valence-corrected chi connectivity index (χ1v) is 9.86. The van der Waals surface area contributed by atoms with Crippen LogP contribution >= 0.6 is 11.6 Å². The van der Waals surface area contributed by atoms with Crippen molar-refractivity contribution >= 4 is 17.5 Å². The van der Waals surface area contributed by atoms with Crippen LogP contribution < -0.4 is 0 Å². The second-order valence-electron chi connectivity index (χ2n) is 7.06. The SMILES string of the molecule is Cc1c(C(=O)N(C)[C@@H](C)c2ccc(-n3cncn3)cc2)cnn1-c1cccc(Cl)c1. The number of benzene rings is 2. The lowest BCUT2D eigenvalue weighted by molar-refractivity contribution is 0.0742. The number of amides is 1. The summed E-state index contributed by atoms with van der Waals surface area (Å²) in [5.74, 6) is -0.0892. The predicted octanol–water partition coefficient (Wildman–Crippen LogP) is 4.25. The maximum Gasteiger partial charge on any atom is 0.257 e. The van der Waals surface area contributed by atoms with E-state index in [0.29, 0.717) is 10.6 Å². The molecule has 152 valence electrons. The quantitative estimate of drug-likeness (QED) is 0.484. The summed E-state index contributed by atoms with van der Waals surface area (Å²) in [4.78, 5) is 18.9. The molecule has 0 aliphatic carbocycles. The van der Waals surface area contributed by atoms with Crippen LogP contribution in [0.5, 0.6) is 0 Å². The second-order valence-corrected chi connectivity index (χ2v) is 7.50. The van der Waals surface area contributed by atoms with Crippen LogP contribution in [-0.4, -0.2) is 42.4 Å². The predicted molar refractivity (Wildman–Crippen MR) is 115 cm³/mol. The third-order valence-electron chi connectivity index (χ3n) is 5.25. The van der Waals surface area contributed by atoms with Crippen LogP contribution in [-0.2, 0) is 0 Å². The number of carbonyl (C=O) groups excluding carboxylic acids is 1. The fourth-order valence-electron chi connectivity index (χ4n) is 3.32. The van der Waals surface area contributed by atoms with Crippen LogP contribution in [0.4, 0.5) is 0 Å². The smallest absolute Gasteiger partial charge is 0.257 e.